The normalized spacial score (nSPS) is 31.9. The lowest BCUT2D eigenvalue weighted by molar-refractivity contribution is -0.488. The fraction of sp³-hybridized carbons (Fsp3) is 0.462. The number of piperidine rings is 1. The molecule has 2 heterocycles. The molecular weight excluding hydrogens is 214 g/mol. The van der Waals surface area contributed by atoms with E-state index in [-0.39, 0.29) is 17.9 Å². The number of hydrogen-bond acceptors (Lipinski definition) is 3. The van der Waals surface area contributed by atoms with Crippen molar-refractivity contribution in [3.8, 4) is 0 Å². The monoisotopic (exact) mass is 230 g/mol. The Morgan fingerprint density at radius 1 is 1.41 bits per heavy atom. The van der Waals surface area contributed by atoms with Gasteiger partial charge >= 0.3 is 5.91 Å². The van der Waals surface area contributed by atoms with E-state index in [4.69, 9.17) is 0 Å². The molecule has 2 aliphatic heterocycles. The van der Waals surface area contributed by atoms with Crippen molar-refractivity contribution < 1.29 is 9.37 Å². The standard InChI is InChI=1S/C13H16N3O/c17-13-11-5-1-2-6-12(11)15-9-16(13)10-4-3-7-14-8-10/h1-2,5-6,9-11,14H,3-4,7-8H2/q+1. The smallest absolute Gasteiger partial charge is 0.313 e. The second kappa shape index (κ2) is 4.37. The van der Waals surface area contributed by atoms with Crippen molar-refractivity contribution in [1.82, 2.24) is 5.32 Å². The zero-order chi connectivity index (χ0) is 11.7. The van der Waals surface area contributed by atoms with E-state index in [0.717, 1.165) is 31.6 Å². The number of carbonyl (C=O) groups is 1. The lowest BCUT2D eigenvalue weighted by Crippen LogP contribution is -2.48. The summed E-state index contributed by atoms with van der Waals surface area (Å²) in [4.78, 5) is 16.7. The Kier molecular flexibility index (Phi) is 2.73. The fourth-order valence-electron chi connectivity index (χ4n) is 2.56. The molecule has 1 saturated heterocycles. The van der Waals surface area contributed by atoms with Crippen LogP contribution < -0.4 is 5.32 Å². The first-order valence-corrected chi connectivity index (χ1v) is 6.15. The van der Waals surface area contributed by atoms with Crippen LogP contribution in [-0.4, -0.2) is 41.7 Å². The van der Waals surface area contributed by atoms with Crippen LogP contribution in [0.5, 0.6) is 0 Å². The molecule has 0 aromatic carbocycles. The third kappa shape index (κ3) is 1.89. The Morgan fingerprint density at radius 2 is 2.35 bits per heavy atom. The van der Waals surface area contributed by atoms with Crippen LogP contribution in [0, 0.1) is 5.92 Å². The van der Waals surface area contributed by atoms with Crippen LogP contribution in [0.4, 0.5) is 0 Å². The van der Waals surface area contributed by atoms with E-state index in [9.17, 15) is 4.79 Å². The van der Waals surface area contributed by atoms with Gasteiger partial charge in [-0.25, -0.2) is 4.79 Å². The SMILES string of the molecule is O=C1C2C=CC=CC2=NC=[N+]1C1CCCNC1. The highest BCUT2D eigenvalue weighted by Gasteiger charge is 2.37. The largest absolute Gasteiger partial charge is 0.324 e. The molecule has 4 nitrogen and oxygen atoms in total. The van der Waals surface area contributed by atoms with Gasteiger partial charge in [-0.1, -0.05) is 23.2 Å². The fourth-order valence-corrected chi connectivity index (χ4v) is 2.56. The lowest BCUT2D eigenvalue weighted by atomic mass is 9.95. The molecule has 1 amide bonds. The molecule has 0 bridgehead atoms. The van der Waals surface area contributed by atoms with Crippen LogP contribution in [0.15, 0.2) is 29.3 Å². The third-order valence-corrected chi connectivity index (χ3v) is 3.52. The molecule has 3 rings (SSSR count). The van der Waals surface area contributed by atoms with Gasteiger partial charge in [-0.15, -0.1) is 0 Å². The first-order chi connectivity index (χ1) is 8.36. The predicted octanol–water partition coefficient (Wildman–Crippen LogP) is 0.503. The first kappa shape index (κ1) is 10.6. The maximum Gasteiger partial charge on any atom is 0.324 e. The minimum atomic E-state index is -0.174. The van der Waals surface area contributed by atoms with E-state index < -0.39 is 0 Å². The molecule has 0 saturated carbocycles. The zero-order valence-electron chi connectivity index (χ0n) is 9.67. The number of aliphatic imine (C=N–C) groups is 1. The molecule has 1 N–H and O–H groups in total. The summed E-state index contributed by atoms with van der Waals surface area (Å²) in [6.07, 6.45) is 11.6. The van der Waals surface area contributed by atoms with E-state index in [0.29, 0.717) is 0 Å². The van der Waals surface area contributed by atoms with Gasteiger partial charge in [-0.05, 0) is 25.5 Å². The summed E-state index contributed by atoms with van der Waals surface area (Å²) >= 11 is 0. The summed E-state index contributed by atoms with van der Waals surface area (Å²) in [5, 5.41) is 3.33. The van der Waals surface area contributed by atoms with Gasteiger partial charge in [0, 0.05) is 6.54 Å². The van der Waals surface area contributed by atoms with E-state index in [1.165, 1.54) is 0 Å². The number of amides is 1. The molecule has 3 aliphatic rings. The first-order valence-electron chi connectivity index (χ1n) is 6.15. The number of nitrogens with zero attached hydrogens (tertiary/aromatic N) is 2. The van der Waals surface area contributed by atoms with E-state index >= 15 is 0 Å². The number of fused-ring (bicyclic) bond motifs is 1. The Morgan fingerprint density at radius 3 is 3.18 bits per heavy atom. The molecule has 4 heteroatoms. The summed E-state index contributed by atoms with van der Waals surface area (Å²) in [7, 11) is 0. The summed E-state index contributed by atoms with van der Waals surface area (Å²) < 4.78 is 1.81. The topological polar surface area (TPSA) is 44.5 Å². The summed E-state index contributed by atoms with van der Waals surface area (Å²) in [6, 6.07) is 0.265. The van der Waals surface area contributed by atoms with Gasteiger partial charge in [0.2, 0.25) is 0 Å². The Hall–Kier alpha value is -1.55. The van der Waals surface area contributed by atoms with Crippen LogP contribution in [0.2, 0.25) is 0 Å². The number of carbonyl (C=O) groups excluding carboxylic acids is 1. The highest BCUT2D eigenvalue weighted by atomic mass is 16.2. The molecule has 2 unspecified atom stereocenters. The Labute approximate surface area is 100 Å². The van der Waals surface area contributed by atoms with Crippen molar-refractivity contribution in [2.24, 2.45) is 10.9 Å². The molecular formula is C13H16N3O+. The average molecular weight is 230 g/mol. The van der Waals surface area contributed by atoms with Gasteiger partial charge in [-0.3, -0.25) is 0 Å². The molecule has 0 spiro atoms. The van der Waals surface area contributed by atoms with E-state index in [2.05, 4.69) is 10.3 Å². The molecule has 0 radical (unpaired) electrons. The quantitative estimate of drug-likeness (QED) is 0.667. The second-order valence-electron chi connectivity index (χ2n) is 4.64. The second-order valence-corrected chi connectivity index (χ2v) is 4.64. The highest BCUT2D eigenvalue weighted by Crippen LogP contribution is 2.17. The Bertz CT molecular complexity index is 453. The molecule has 1 fully saturated rings. The van der Waals surface area contributed by atoms with Crippen LogP contribution >= 0.6 is 0 Å². The predicted molar refractivity (Wildman–Crippen MR) is 66.4 cm³/mol. The van der Waals surface area contributed by atoms with Crippen molar-refractivity contribution >= 4 is 18.0 Å². The number of nitrogens with one attached hydrogen (secondary N) is 1. The molecule has 88 valence electrons. The van der Waals surface area contributed by atoms with Crippen molar-refractivity contribution in [3.63, 3.8) is 0 Å². The lowest BCUT2D eigenvalue weighted by Gasteiger charge is -2.25. The van der Waals surface area contributed by atoms with Crippen LogP contribution in [-0.2, 0) is 4.79 Å². The molecule has 0 aromatic heterocycles. The van der Waals surface area contributed by atoms with Crippen molar-refractivity contribution in [2.45, 2.75) is 18.9 Å². The van der Waals surface area contributed by atoms with Crippen molar-refractivity contribution in [3.05, 3.63) is 24.3 Å². The number of hydrogen-bond donors (Lipinski definition) is 1. The van der Waals surface area contributed by atoms with Crippen LogP contribution in [0.3, 0.4) is 0 Å². The maximum absolute atomic E-state index is 12.4. The van der Waals surface area contributed by atoms with Gasteiger partial charge in [0.25, 0.3) is 6.34 Å². The van der Waals surface area contributed by atoms with Gasteiger partial charge in [-0.2, -0.15) is 4.58 Å². The van der Waals surface area contributed by atoms with Gasteiger partial charge in [0.15, 0.2) is 5.71 Å². The number of allylic oxidation sites excluding steroid dienone is 3. The molecule has 17 heavy (non-hydrogen) atoms. The third-order valence-electron chi connectivity index (χ3n) is 3.52. The molecule has 0 aromatic rings. The summed E-state index contributed by atoms with van der Waals surface area (Å²) in [5.41, 5.74) is 0.859. The summed E-state index contributed by atoms with van der Waals surface area (Å²) in [6.45, 7) is 1.93. The minimum Gasteiger partial charge on any atom is -0.313 e. The Balaban J connectivity index is 1.88. The van der Waals surface area contributed by atoms with Crippen LogP contribution in [0.1, 0.15) is 12.8 Å². The van der Waals surface area contributed by atoms with E-state index in [1.54, 1.807) is 6.34 Å². The van der Waals surface area contributed by atoms with Crippen molar-refractivity contribution in [1.29, 1.82) is 0 Å². The van der Waals surface area contributed by atoms with Gasteiger partial charge in [0.05, 0.1) is 0 Å². The molecule has 1 aliphatic carbocycles. The van der Waals surface area contributed by atoms with Crippen LogP contribution in [0.25, 0.3) is 0 Å². The van der Waals surface area contributed by atoms with Crippen molar-refractivity contribution in [2.75, 3.05) is 13.1 Å². The zero-order valence-corrected chi connectivity index (χ0v) is 9.67. The average Bonchev–Trinajstić information content (AvgIpc) is 2.40. The molecule has 2 atom stereocenters. The van der Waals surface area contributed by atoms with Gasteiger partial charge in [0.1, 0.15) is 12.0 Å². The summed E-state index contributed by atoms with van der Waals surface area (Å²) in [5.74, 6) is -0.0174. The maximum atomic E-state index is 12.4. The minimum absolute atomic E-state index is 0.157. The number of rotatable bonds is 1. The van der Waals surface area contributed by atoms with E-state index in [1.807, 2.05) is 28.9 Å². The van der Waals surface area contributed by atoms with Gasteiger partial charge < -0.3 is 5.32 Å². The highest BCUT2D eigenvalue weighted by molar-refractivity contribution is 6.14.